The first-order valence-corrected chi connectivity index (χ1v) is 11.4. The average molecular weight is 496 g/mol. The van der Waals surface area contributed by atoms with Crippen molar-refractivity contribution in [3.8, 4) is 11.3 Å². The van der Waals surface area contributed by atoms with Crippen LogP contribution in [0.4, 0.5) is 29.3 Å². The third kappa shape index (κ3) is 6.36. The Hall–Kier alpha value is -3.92. The normalized spacial score (nSPS) is 11.2. The molecule has 0 unspecified atom stereocenters. The zero-order valence-electron chi connectivity index (χ0n) is 18.5. The number of nitrogens with zero attached hydrogens (tertiary/aromatic N) is 3. The quantitative estimate of drug-likeness (QED) is 0.304. The Kier molecular flexibility index (Phi) is 7.31. The maximum Gasteiger partial charge on any atom is 0.416 e. The van der Waals surface area contributed by atoms with E-state index in [4.69, 9.17) is 0 Å². The number of pyridine rings is 1. The Morgan fingerprint density at radius 2 is 1.69 bits per heavy atom. The number of nitrogens with one attached hydrogen (secondary N) is 2. The number of urea groups is 1. The molecule has 4 rings (SSSR count). The zero-order chi connectivity index (χ0) is 24.8. The molecule has 2 heterocycles. The van der Waals surface area contributed by atoms with Crippen molar-refractivity contribution in [2.75, 3.05) is 10.6 Å². The molecule has 0 bridgehead atoms. The van der Waals surface area contributed by atoms with Gasteiger partial charge in [0, 0.05) is 40.6 Å². The van der Waals surface area contributed by atoms with Crippen molar-refractivity contribution in [3.05, 3.63) is 90.5 Å². The largest absolute Gasteiger partial charge is 0.416 e. The summed E-state index contributed by atoms with van der Waals surface area (Å²) in [5.41, 5.74) is 1.37. The van der Waals surface area contributed by atoms with E-state index in [9.17, 15) is 18.0 Å². The van der Waals surface area contributed by atoms with E-state index in [1.165, 1.54) is 23.9 Å². The van der Waals surface area contributed by atoms with Gasteiger partial charge in [-0.25, -0.2) is 19.7 Å². The average Bonchev–Trinajstić information content (AvgIpc) is 2.85. The molecule has 178 valence electrons. The first-order valence-electron chi connectivity index (χ1n) is 10.6. The monoisotopic (exact) mass is 495 g/mol. The highest BCUT2D eigenvalue weighted by atomic mass is 32.2. The van der Waals surface area contributed by atoms with Gasteiger partial charge in [-0.05, 0) is 60.7 Å². The number of anilines is 2. The van der Waals surface area contributed by atoms with Crippen molar-refractivity contribution in [2.45, 2.75) is 29.4 Å². The van der Waals surface area contributed by atoms with Crippen molar-refractivity contribution in [1.82, 2.24) is 15.0 Å². The lowest BCUT2D eigenvalue weighted by atomic mass is 10.2. The molecular formula is C25H20F3N5OS. The molecule has 0 saturated heterocycles. The fourth-order valence-electron chi connectivity index (χ4n) is 3.17. The number of hydrogen-bond donors (Lipinski definition) is 2. The van der Waals surface area contributed by atoms with E-state index in [2.05, 4.69) is 25.6 Å². The molecule has 0 aliphatic carbocycles. The van der Waals surface area contributed by atoms with Crippen molar-refractivity contribution >= 4 is 29.2 Å². The summed E-state index contributed by atoms with van der Waals surface area (Å²) in [6, 6.07) is 16.5. The number of hydrogen-bond acceptors (Lipinski definition) is 5. The van der Waals surface area contributed by atoms with E-state index in [1.54, 1.807) is 24.5 Å². The summed E-state index contributed by atoms with van der Waals surface area (Å²) in [6.45, 7) is 1.99. The van der Waals surface area contributed by atoms with Crippen LogP contribution in [0.1, 0.15) is 18.3 Å². The molecule has 0 aliphatic heterocycles. The third-order valence-corrected chi connectivity index (χ3v) is 5.87. The summed E-state index contributed by atoms with van der Waals surface area (Å²) < 4.78 is 38.6. The summed E-state index contributed by atoms with van der Waals surface area (Å²) >= 11 is 1.45. The van der Waals surface area contributed by atoms with Crippen molar-refractivity contribution in [2.24, 2.45) is 0 Å². The van der Waals surface area contributed by atoms with E-state index in [0.717, 1.165) is 45.6 Å². The van der Waals surface area contributed by atoms with Crippen molar-refractivity contribution < 1.29 is 18.0 Å². The standard InChI is InChI=1S/C25H20F3N5OS/c1-2-22-29-14-12-21(33-22)20-7-4-13-30-23(20)35-19-10-8-17(9-11-19)31-24(34)32-18-6-3-5-16(15-18)25(26,27)28/h3-15H,2H2,1H3,(H2,31,32,34). The van der Waals surface area contributed by atoms with Gasteiger partial charge in [0.25, 0.3) is 0 Å². The molecule has 0 aliphatic rings. The Bertz CT molecular complexity index is 1330. The lowest BCUT2D eigenvalue weighted by Gasteiger charge is -2.11. The number of halogens is 3. The molecule has 0 radical (unpaired) electrons. The molecule has 0 atom stereocenters. The lowest BCUT2D eigenvalue weighted by Crippen LogP contribution is -2.19. The molecular weight excluding hydrogens is 475 g/mol. The first kappa shape index (κ1) is 24.2. The Balaban J connectivity index is 1.43. The second-order valence-corrected chi connectivity index (χ2v) is 8.41. The predicted octanol–water partition coefficient (Wildman–Crippen LogP) is 6.92. The van der Waals surface area contributed by atoms with Crippen LogP contribution in [0.15, 0.2) is 89.0 Å². The molecule has 2 aromatic carbocycles. The lowest BCUT2D eigenvalue weighted by molar-refractivity contribution is -0.137. The summed E-state index contributed by atoms with van der Waals surface area (Å²) in [4.78, 5) is 26.4. The topological polar surface area (TPSA) is 79.8 Å². The van der Waals surface area contributed by atoms with Gasteiger partial charge in [0.05, 0.1) is 11.3 Å². The maximum atomic E-state index is 12.9. The fraction of sp³-hybridized carbons (Fsp3) is 0.120. The van der Waals surface area contributed by atoms with E-state index < -0.39 is 17.8 Å². The van der Waals surface area contributed by atoms with Crippen LogP contribution >= 0.6 is 11.8 Å². The second kappa shape index (κ2) is 10.6. The SMILES string of the molecule is CCc1nccc(-c2cccnc2Sc2ccc(NC(=O)Nc3cccc(C(F)(F)F)c3)cc2)n1. The molecule has 0 saturated carbocycles. The minimum absolute atomic E-state index is 0.0446. The van der Waals surface area contributed by atoms with Crippen LogP contribution in [0.2, 0.25) is 0 Å². The van der Waals surface area contributed by atoms with Crippen LogP contribution in [-0.4, -0.2) is 21.0 Å². The number of benzene rings is 2. The van der Waals surface area contributed by atoms with Crippen molar-refractivity contribution in [3.63, 3.8) is 0 Å². The van der Waals surface area contributed by atoms with Gasteiger partial charge in [0.1, 0.15) is 10.9 Å². The van der Waals surface area contributed by atoms with E-state index in [-0.39, 0.29) is 5.69 Å². The second-order valence-electron chi connectivity index (χ2n) is 7.35. The van der Waals surface area contributed by atoms with Crippen LogP contribution in [0.3, 0.4) is 0 Å². The molecule has 2 N–H and O–H groups in total. The molecule has 6 nitrogen and oxygen atoms in total. The molecule has 10 heteroatoms. The summed E-state index contributed by atoms with van der Waals surface area (Å²) in [5.74, 6) is 0.751. The van der Waals surface area contributed by atoms with Gasteiger partial charge >= 0.3 is 12.2 Å². The van der Waals surface area contributed by atoms with Gasteiger partial charge in [-0.3, -0.25) is 0 Å². The van der Waals surface area contributed by atoms with Gasteiger partial charge < -0.3 is 10.6 Å². The molecule has 0 fully saturated rings. The summed E-state index contributed by atoms with van der Waals surface area (Å²) in [6.07, 6.45) is -0.317. The van der Waals surface area contributed by atoms with Gasteiger partial charge in [-0.1, -0.05) is 24.8 Å². The third-order valence-electron chi connectivity index (χ3n) is 4.84. The molecule has 2 amide bonds. The Morgan fingerprint density at radius 3 is 2.43 bits per heavy atom. The van der Waals surface area contributed by atoms with E-state index in [1.807, 2.05) is 37.3 Å². The fourth-order valence-corrected chi connectivity index (χ4v) is 4.06. The summed E-state index contributed by atoms with van der Waals surface area (Å²) in [7, 11) is 0. The van der Waals surface area contributed by atoms with Crippen molar-refractivity contribution in [1.29, 1.82) is 0 Å². The van der Waals surface area contributed by atoms with Gasteiger partial charge in [-0.15, -0.1) is 0 Å². The molecule has 2 aromatic heterocycles. The van der Waals surface area contributed by atoms with E-state index >= 15 is 0 Å². The Labute approximate surface area is 204 Å². The van der Waals surface area contributed by atoms with Gasteiger partial charge in [-0.2, -0.15) is 13.2 Å². The minimum Gasteiger partial charge on any atom is -0.308 e. The summed E-state index contributed by atoms with van der Waals surface area (Å²) in [5, 5.41) is 5.81. The van der Waals surface area contributed by atoms with Crippen LogP contribution in [0, 0.1) is 0 Å². The molecule has 0 spiro atoms. The number of rotatable bonds is 6. The first-order chi connectivity index (χ1) is 16.8. The maximum absolute atomic E-state index is 12.9. The Morgan fingerprint density at radius 1 is 0.914 bits per heavy atom. The number of aryl methyl sites for hydroxylation is 1. The van der Waals surface area contributed by atoms with Gasteiger partial charge in [0.15, 0.2) is 0 Å². The van der Waals surface area contributed by atoms with Crippen LogP contribution < -0.4 is 10.6 Å². The smallest absolute Gasteiger partial charge is 0.308 e. The number of amides is 2. The van der Waals surface area contributed by atoms with Crippen LogP contribution in [0.5, 0.6) is 0 Å². The number of carbonyl (C=O) groups is 1. The number of alkyl halides is 3. The predicted molar refractivity (Wildman–Crippen MR) is 129 cm³/mol. The molecule has 4 aromatic rings. The minimum atomic E-state index is -4.49. The number of carbonyl (C=O) groups excluding carboxylic acids is 1. The highest BCUT2D eigenvalue weighted by molar-refractivity contribution is 7.99. The van der Waals surface area contributed by atoms with Crippen LogP contribution in [0.25, 0.3) is 11.3 Å². The van der Waals surface area contributed by atoms with Crippen LogP contribution in [-0.2, 0) is 12.6 Å². The zero-order valence-corrected chi connectivity index (χ0v) is 19.3. The number of aromatic nitrogens is 3. The highest BCUT2D eigenvalue weighted by Crippen LogP contribution is 2.34. The highest BCUT2D eigenvalue weighted by Gasteiger charge is 2.30. The van der Waals surface area contributed by atoms with E-state index in [0.29, 0.717) is 5.69 Å². The van der Waals surface area contributed by atoms with Gasteiger partial charge in [0.2, 0.25) is 0 Å². The molecule has 35 heavy (non-hydrogen) atoms.